The van der Waals surface area contributed by atoms with E-state index in [1.54, 1.807) is 0 Å². The number of hydrogen-bond donors (Lipinski definition) is 1. The second-order valence-electron chi connectivity index (χ2n) is 5.27. The maximum atomic E-state index is 11.2. The molecular weight excluding hydrogens is 270 g/mol. The Morgan fingerprint density at radius 3 is 2.75 bits per heavy atom. The number of hydrogen-bond acceptors (Lipinski definition) is 4. The van der Waals surface area contributed by atoms with Crippen molar-refractivity contribution in [2.24, 2.45) is 0 Å². The van der Waals surface area contributed by atoms with Gasteiger partial charge in [-0.1, -0.05) is 31.2 Å². The molecule has 0 spiro atoms. The molecule has 20 heavy (non-hydrogen) atoms. The average molecular weight is 293 g/mol. The van der Waals surface area contributed by atoms with Crippen molar-refractivity contribution < 1.29 is 9.53 Å². The van der Waals surface area contributed by atoms with Gasteiger partial charge in [-0.3, -0.25) is 4.79 Å². The number of methoxy groups -OCH3 is 1. The van der Waals surface area contributed by atoms with E-state index in [4.69, 9.17) is 4.74 Å². The van der Waals surface area contributed by atoms with E-state index in [9.17, 15) is 4.79 Å². The average Bonchev–Trinajstić information content (AvgIpc) is 2.47. The molecule has 0 saturated heterocycles. The van der Waals surface area contributed by atoms with Gasteiger partial charge in [0.2, 0.25) is 0 Å². The maximum absolute atomic E-state index is 11.2. The van der Waals surface area contributed by atoms with Crippen LogP contribution in [0.15, 0.2) is 24.3 Å². The van der Waals surface area contributed by atoms with Crippen molar-refractivity contribution in [2.45, 2.75) is 37.0 Å². The third-order valence-corrected chi connectivity index (χ3v) is 5.33. The zero-order valence-corrected chi connectivity index (χ0v) is 13.2. The van der Waals surface area contributed by atoms with E-state index in [1.165, 1.54) is 18.2 Å². The first-order chi connectivity index (χ1) is 9.67. The van der Waals surface area contributed by atoms with Crippen LogP contribution < -0.4 is 5.32 Å². The molecule has 1 aromatic carbocycles. The Hall–Kier alpha value is -1.00. The second kappa shape index (κ2) is 7.14. The van der Waals surface area contributed by atoms with Gasteiger partial charge in [0.15, 0.2) is 0 Å². The lowest BCUT2D eigenvalue weighted by molar-refractivity contribution is -0.140. The van der Waals surface area contributed by atoms with Crippen LogP contribution in [-0.2, 0) is 9.53 Å². The highest BCUT2D eigenvalue weighted by Gasteiger charge is 2.32. The van der Waals surface area contributed by atoms with Gasteiger partial charge in [-0.2, -0.15) is 11.8 Å². The number of carbonyl (C=O) groups excluding carboxylic acids is 1. The molecule has 0 heterocycles. The summed E-state index contributed by atoms with van der Waals surface area (Å²) in [5.41, 5.74) is 2.86. The van der Waals surface area contributed by atoms with E-state index in [0.29, 0.717) is 23.6 Å². The summed E-state index contributed by atoms with van der Waals surface area (Å²) in [5, 5.41) is 3.95. The molecule has 1 aliphatic carbocycles. The van der Waals surface area contributed by atoms with Crippen molar-refractivity contribution in [3.63, 3.8) is 0 Å². The normalized spacial score (nSPS) is 25.1. The minimum absolute atomic E-state index is 0.122. The van der Waals surface area contributed by atoms with Crippen LogP contribution in [0.25, 0.3) is 0 Å². The molecule has 0 saturated carbocycles. The first kappa shape index (κ1) is 15.4. The van der Waals surface area contributed by atoms with E-state index in [1.807, 2.05) is 18.8 Å². The minimum Gasteiger partial charge on any atom is -0.469 e. The number of esters is 1. The largest absolute Gasteiger partial charge is 0.469 e. The molecule has 4 heteroatoms. The van der Waals surface area contributed by atoms with Crippen LogP contribution in [0.1, 0.15) is 42.9 Å². The van der Waals surface area contributed by atoms with Gasteiger partial charge in [0.05, 0.1) is 13.5 Å². The van der Waals surface area contributed by atoms with Crippen molar-refractivity contribution >= 4 is 17.7 Å². The van der Waals surface area contributed by atoms with Crippen LogP contribution in [0, 0.1) is 0 Å². The van der Waals surface area contributed by atoms with E-state index >= 15 is 0 Å². The first-order valence-corrected chi connectivity index (χ1v) is 8.16. The standard InChI is InChI=1S/C16H23NO2S/c1-11-10-14(20-9-8-15(18)19-3)16(17-2)13-7-5-4-6-12(11)13/h4-7,11,14,16-17H,8-10H2,1-3H3. The zero-order chi connectivity index (χ0) is 14.5. The van der Waals surface area contributed by atoms with E-state index in [2.05, 4.69) is 36.5 Å². The number of rotatable bonds is 5. The SMILES string of the molecule is CNC1c2ccccc2C(C)CC1SCCC(=O)OC. The Morgan fingerprint density at radius 1 is 1.40 bits per heavy atom. The third-order valence-electron chi connectivity index (χ3n) is 4.00. The molecule has 110 valence electrons. The summed E-state index contributed by atoms with van der Waals surface area (Å²) >= 11 is 1.88. The van der Waals surface area contributed by atoms with Gasteiger partial charge in [-0.25, -0.2) is 0 Å². The van der Waals surface area contributed by atoms with Crippen LogP contribution in [0.5, 0.6) is 0 Å². The van der Waals surface area contributed by atoms with Crippen molar-refractivity contribution in [1.29, 1.82) is 0 Å². The van der Waals surface area contributed by atoms with Gasteiger partial charge in [-0.15, -0.1) is 0 Å². The molecule has 0 aromatic heterocycles. The monoisotopic (exact) mass is 293 g/mol. The zero-order valence-electron chi connectivity index (χ0n) is 12.4. The molecule has 2 rings (SSSR count). The highest BCUT2D eigenvalue weighted by molar-refractivity contribution is 7.99. The summed E-state index contributed by atoms with van der Waals surface area (Å²) < 4.78 is 4.70. The fourth-order valence-corrected chi connectivity index (χ4v) is 4.44. The van der Waals surface area contributed by atoms with E-state index in [0.717, 1.165) is 12.2 Å². The van der Waals surface area contributed by atoms with Gasteiger partial charge < -0.3 is 10.1 Å². The number of ether oxygens (including phenoxy) is 1. The summed E-state index contributed by atoms with van der Waals surface area (Å²) in [4.78, 5) is 11.2. The number of carbonyl (C=O) groups is 1. The van der Waals surface area contributed by atoms with Crippen LogP contribution >= 0.6 is 11.8 Å². The molecule has 0 aliphatic heterocycles. The van der Waals surface area contributed by atoms with E-state index < -0.39 is 0 Å². The highest BCUT2D eigenvalue weighted by atomic mass is 32.2. The second-order valence-corrected chi connectivity index (χ2v) is 6.61. The molecule has 0 bridgehead atoms. The van der Waals surface area contributed by atoms with Gasteiger partial charge in [0.25, 0.3) is 0 Å². The van der Waals surface area contributed by atoms with Crippen LogP contribution in [0.2, 0.25) is 0 Å². The Labute approximate surface area is 125 Å². The van der Waals surface area contributed by atoms with Crippen molar-refractivity contribution in [1.82, 2.24) is 5.32 Å². The van der Waals surface area contributed by atoms with Gasteiger partial charge in [-0.05, 0) is 30.5 Å². The Balaban J connectivity index is 2.06. The van der Waals surface area contributed by atoms with Crippen LogP contribution in [0.3, 0.4) is 0 Å². The predicted octanol–water partition coefficient (Wildman–Crippen LogP) is 3.12. The van der Waals surface area contributed by atoms with Crippen LogP contribution in [0.4, 0.5) is 0 Å². The summed E-state index contributed by atoms with van der Waals surface area (Å²) in [5.74, 6) is 1.28. The number of thioether (sulfide) groups is 1. The fraction of sp³-hybridized carbons (Fsp3) is 0.562. The molecular formula is C16H23NO2S. The lowest BCUT2D eigenvalue weighted by Crippen LogP contribution is -2.33. The van der Waals surface area contributed by atoms with Gasteiger partial charge in [0.1, 0.15) is 0 Å². The molecule has 0 radical (unpaired) electrons. The Bertz CT molecular complexity index is 464. The lowest BCUT2D eigenvalue weighted by atomic mass is 9.81. The van der Waals surface area contributed by atoms with Crippen molar-refractivity contribution in [3.05, 3.63) is 35.4 Å². The third kappa shape index (κ3) is 3.36. The molecule has 3 nitrogen and oxygen atoms in total. The number of fused-ring (bicyclic) bond motifs is 1. The minimum atomic E-state index is -0.122. The quantitative estimate of drug-likeness (QED) is 0.847. The molecule has 1 aliphatic rings. The topological polar surface area (TPSA) is 38.3 Å². The van der Waals surface area contributed by atoms with Gasteiger partial charge >= 0.3 is 5.97 Å². The fourth-order valence-electron chi connectivity index (χ4n) is 2.96. The number of nitrogens with one attached hydrogen (secondary N) is 1. The smallest absolute Gasteiger partial charge is 0.306 e. The highest BCUT2D eigenvalue weighted by Crippen LogP contribution is 2.42. The maximum Gasteiger partial charge on any atom is 0.306 e. The Kier molecular flexibility index (Phi) is 5.49. The first-order valence-electron chi connectivity index (χ1n) is 7.11. The molecule has 0 amide bonds. The molecule has 1 aromatic rings. The summed E-state index contributed by atoms with van der Waals surface area (Å²) in [6.07, 6.45) is 1.64. The number of benzene rings is 1. The van der Waals surface area contributed by atoms with Crippen LogP contribution in [-0.4, -0.2) is 31.1 Å². The van der Waals surface area contributed by atoms with Crippen molar-refractivity contribution in [3.8, 4) is 0 Å². The summed E-state index contributed by atoms with van der Waals surface area (Å²) in [6.45, 7) is 2.29. The molecule has 0 fully saturated rings. The van der Waals surface area contributed by atoms with Crippen molar-refractivity contribution in [2.75, 3.05) is 19.9 Å². The summed E-state index contributed by atoms with van der Waals surface area (Å²) in [7, 11) is 3.47. The Morgan fingerprint density at radius 2 is 2.10 bits per heavy atom. The van der Waals surface area contributed by atoms with E-state index in [-0.39, 0.29) is 5.97 Å². The summed E-state index contributed by atoms with van der Waals surface area (Å²) in [6, 6.07) is 9.05. The predicted molar refractivity (Wildman–Crippen MR) is 84.2 cm³/mol. The molecule has 3 atom stereocenters. The lowest BCUT2D eigenvalue weighted by Gasteiger charge is -2.36. The van der Waals surface area contributed by atoms with Gasteiger partial charge in [0, 0.05) is 17.0 Å². The molecule has 1 N–H and O–H groups in total. The molecule has 3 unspecified atom stereocenters.